The Labute approximate surface area is 136 Å². The standard InChI is InChI=1S/C14H15ClF3NO3S/c15-10-3-4-11(12(6-10)14(16,17)18)13(20)19-7-9-2-1-5-23(21,22)8-9/h3-4,6,9H,1-2,5,7-8H2,(H,19,20). The van der Waals surface area contributed by atoms with E-state index < -0.39 is 33.0 Å². The molecule has 1 saturated heterocycles. The number of sulfone groups is 1. The molecule has 1 aliphatic heterocycles. The lowest BCUT2D eigenvalue weighted by Crippen LogP contribution is -2.36. The Morgan fingerprint density at radius 3 is 2.65 bits per heavy atom. The molecule has 0 spiro atoms. The third-order valence-electron chi connectivity index (χ3n) is 3.64. The highest BCUT2D eigenvalue weighted by molar-refractivity contribution is 7.91. The minimum absolute atomic E-state index is 0.0258. The quantitative estimate of drug-likeness (QED) is 0.891. The average molecular weight is 370 g/mol. The van der Waals surface area contributed by atoms with Crippen molar-refractivity contribution in [3.05, 3.63) is 34.3 Å². The van der Waals surface area contributed by atoms with Crippen LogP contribution in [-0.2, 0) is 16.0 Å². The molecule has 9 heteroatoms. The number of hydrogen-bond donors (Lipinski definition) is 1. The van der Waals surface area contributed by atoms with Crippen molar-refractivity contribution in [3.63, 3.8) is 0 Å². The van der Waals surface area contributed by atoms with Gasteiger partial charge in [-0.2, -0.15) is 13.2 Å². The van der Waals surface area contributed by atoms with Crippen molar-refractivity contribution in [2.24, 2.45) is 5.92 Å². The molecule has 0 radical (unpaired) electrons. The van der Waals surface area contributed by atoms with E-state index >= 15 is 0 Å². The summed E-state index contributed by atoms with van der Waals surface area (Å²) in [6.45, 7) is 0.0258. The van der Waals surface area contributed by atoms with Gasteiger partial charge in [0.25, 0.3) is 5.91 Å². The molecular weight excluding hydrogens is 355 g/mol. The Kier molecular flexibility index (Phi) is 5.25. The fourth-order valence-electron chi connectivity index (χ4n) is 2.56. The summed E-state index contributed by atoms with van der Waals surface area (Å²) < 4.78 is 61.9. The maximum Gasteiger partial charge on any atom is 0.417 e. The average Bonchev–Trinajstić information content (AvgIpc) is 2.42. The van der Waals surface area contributed by atoms with Crippen LogP contribution in [0.15, 0.2) is 18.2 Å². The van der Waals surface area contributed by atoms with E-state index in [4.69, 9.17) is 11.6 Å². The molecule has 1 heterocycles. The summed E-state index contributed by atoms with van der Waals surface area (Å²) in [5.41, 5.74) is -1.64. The van der Waals surface area contributed by atoms with Crippen LogP contribution in [0, 0.1) is 5.92 Å². The molecule has 1 N–H and O–H groups in total. The van der Waals surface area contributed by atoms with Crippen LogP contribution < -0.4 is 5.32 Å². The molecule has 1 amide bonds. The molecule has 0 aliphatic carbocycles. The van der Waals surface area contributed by atoms with Crippen LogP contribution in [0.3, 0.4) is 0 Å². The van der Waals surface area contributed by atoms with Crippen molar-refractivity contribution in [1.82, 2.24) is 5.32 Å². The number of rotatable bonds is 3. The third-order valence-corrected chi connectivity index (χ3v) is 5.77. The first kappa shape index (κ1) is 18.1. The van der Waals surface area contributed by atoms with Crippen molar-refractivity contribution in [3.8, 4) is 0 Å². The van der Waals surface area contributed by atoms with Crippen molar-refractivity contribution in [2.45, 2.75) is 19.0 Å². The summed E-state index contributed by atoms with van der Waals surface area (Å²) in [4.78, 5) is 12.0. The second-order valence-corrected chi connectivity index (χ2v) is 8.19. The highest BCUT2D eigenvalue weighted by Gasteiger charge is 2.35. The number of hydrogen-bond acceptors (Lipinski definition) is 3. The first-order valence-corrected chi connectivity index (χ1v) is 9.14. The molecule has 128 valence electrons. The Morgan fingerprint density at radius 1 is 1.35 bits per heavy atom. The van der Waals surface area contributed by atoms with Crippen LogP contribution in [0.2, 0.25) is 5.02 Å². The van der Waals surface area contributed by atoms with Gasteiger partial charge < -0.3 is 5.32 Å². The van der Waals surface area contributed by atoms with E-state index in [2.05, 4.69) is 5.32 Å². The largest absolute Gasteiger partial charge is 0.417 e. The van der Waals surface area contributed by atoms with E-state index in [0.717, 1.165) is 6.07 Å². The molecule has 23 heavy (non-hydrogen) atoms. The Morgan fingerprint density at radius 2 is 2.04 bits per heavy atom. The molecule has 1 fully saturated rings. The number of nitrogens with one attached hydrogen (secondary N) is 1. The summed E-state index contributed by atoms with van der Waals surface area (Å²) in [7, 11) is -3.13. The van der Waals surface area contributed by atoms with E-state index in [-0.39, 0.29) is 29.0 Å². The summed E-state index contributed by atoms with van der Waals surface area (Å²) in [5.74, 6) is -1.11. The summed E-state index contributed by atoms with van der Waals surface area (Å²) in [6.07, 6.45) is -3.59. The first-order chi connectivity index (χ1) is 10.6. The van der Waals surface area contributed by atoms with E-state index in [1.54, 1.807) is 0 Å². The predicted molar refractivity (Wildman–Crippen MR) is 80.2 cm³/mol. The second-order valence-electron chi connectivity index (χ2n) is 5.52. The minimum atomic E-state index is -4.70. The Bertz CT molecular complexity index is 704. The number of amides is 1. The van der Waals surface area contributed by atoms with Gasteiger partial charge in [0, 0.05) is 11.6 Å². The van der Waals surface area contributed by atoms with Crippen LogP contribution in [-0.4, -0.2) is 32.4 Å². The van der Waals surface area contributed by atoms with Gasteiger partial charge in [-0.05, 0) is 37.0 Å². The van der Waals surface area contributed by atoms with Gasteiger partial charge in [0.1, 0.15) is 0 Å². The van der Waals surface area contributed by atoms with Gasteiger partial charge in [0.2, 0.25) is 0 Å². The lowest BCUT2D eigenvalue weighted by atomic mass is 10.0. The van der Waals surface area contributed by atoms with Crippen molar-refractivity contribution < 1.29 is 26.4 Å². The monoisotopic (exact) mass is 369 g/mol. The van der Waals surface area contributed by atoms with Gasteiger partial charge in [-0.3, -0.25) is 4.79 Å². The molecule has 0 saturated carbocycles. The zero-order valence-corrected chi connectivity index (χ0v) is 13.6. The molecule has 1 aliphatic rings. The Balaban J connectivity index is 2.10. The molecule has 2 rings (SSSR count). The van der Waals surface area contributed by atoms with Crippen LogP contribution in [0.5, 0.6) is 0 Å². The number of benzene rings is 1. The highest BCUT2D eigenvalue weighted by atomic mass is 35.5. The van der Waals surface area contributed by atoms with Gasteiger partial charge in [-0.15, -0.1) is 0 Å². The van der Waals surface area contributed by atoms with Crippen LogP contribution >= 0.6 is 11.6 Å². The minimum Gasteiger partial charge on any atom is -0.352 e. The maximum atomic E-state index is 13.0. The molecule has 0 aromatic heterocycles. The van der Waals surface area contributed by atoms with Gasteiger partial charge in [0.15, 0.2) is 9.84 Å². The summed E-state index contributed by atoms with van der Waals surface area (Å²) in [5, 5.41) is 2.27. The van der Waals surface area contributed by atoms with Crippen molar-refractivity contribution >= 4 is 27.3 Å². The van der Waals surface area contributed by atoms with Crippen LogP contribution in [0.1, 0.15) is 28.8 Å². The number of halogens is 4. The highest BCUT2D eigenvalue weighted by Crippen LogP contribution is 2.33. The van der Waals surface area contributed by atoms with E-state index in [1.807, 2.05) is 0 Å². The topological polar surface area (TPSA) is 63.2 Å². The lowest BCUT2D eigenvalue weighted by Gasteiger charge is -2.22. The van der Waals surface area contributed by atoms with Crippen LogP contribution in [0.25, 0.3) is 0 Å². The maximum absolute atomic E-state index is 13.0. The van der Waals surface area contributed by atoms with Crippen LogP contribution in [0.4, 0.5) is 13.2 Å². The van der Waals surface area contributed by atoms with Crippen molar-refractivity contribution in [2.75, 3.05) is 18.1 Å². The molecule has 1 aromatic carbocycles. The third kappa shape index (κ3) is 4.84. The SMILES string of the molecule is O=C(NCC1CCCS(=O)(=O)C1)c1ccc(Cl)cc1C(F)(F)F. The van der Waals surface area contributed by atoms with E-state index in [9.17, 15) is 26.4 Å². The fourth-order valence-corrected chi connectivity index (χ4v) is 4.51. The zero-order chi connectivity index (χ0) is 17.3. The second kappa shape index (κ2) is 6.68. The van der Waals surface area contributed by atoms with Crippen molar-refractivity contribution in [1.29, 1.82) is 0 Å². The molecule has 1 aromatic rings. The number of carbonyl (C=O) groups excluding carboxylic acids is 1. The zero-order valence-electron chi connectivity index (χ0n) is 12.0. The molecular formula is C14H15ClF3NO3S. The number of carbonyl (C=O) groups is 1. The predicted octanol–water partition coefficient (Wildman–Crippen LogP) is 2.91. The van der Waals surface area contributed by atoms with Gasteiger partial charge in [-0.1, -0.05) is 11.6 Å². The first-order valence-electron chi connectivity index (χ1n) is 6.94. The summed E-state index contributed by atoms with van der Waals surface area (Å²) >= 11 is 5.56. The molecule has 4 nitrogen and oxygen atoms in total. The smallest absolute Gasteiger partial charge is 0.352 e. The molecule has 0 bridgehead atoms. The lowest BCUT2D eigenvalue weighted by molar-refractivity contribution is -0.137. The molecule has 1 atom stereocenters. The number of alkyl halides is 3. The fraction of sp³-hybridized carbons (Fsp3) is 0.500. The molecule has 1 unspecified atom stereocenters. The van der Waals surface area contributed by atoms with Gasteiger partial charge in [0.05, 0.1) is 22.6 Å². The normalized spacial score (nSPS) is 21.0. The van der Waals surface area contributed by atoms with Gasteiger partial charge >= 0.3 is 6.18 Å². The van der Waals surface area contributed by atoms with E-state index in [1.165, 1.54) is 6.07 Å². The Hall–Kier alpha value is -1.28. The van der Waals surface area contributed by atoms with Gasteiger partial charge in [-0.25, -0.2) is 8.42 Å². The van der Waals surface area contributed by atoms with E-state index in [0.29, 0.717) is 18.9 Å². The summed E-state index contributed by atoms with van der Waals surface area (Å²) in [6, 6.07) is 2.91.